The second-order valence-corrected chi connectivity index (χ2v) is 12.7. The lowest BCUT2D eigenvalue weighted by molar-refractivity contribution is 0.539. The lowest BCUT2D eigenvalue weighted by atomic mass is 10.0. The highest BCUT2D eigenvalue weighted by molar-refractivity contribution is 7.99. The van der Waals surface area contributed by atoms with Crippen molar-refractivity contribution in [3.05, 3.63) is 0 Å². The maximum absolute atomic E-state index is 4.42. The number of rotatable bonds is 22. The molecule has 0 atom stereocenters. The van der Waals surface area contributed by atoms with Crippen LogP contribution in [0, 0.1) is 0 Å². The molecule has 0 amide bonds. The molecule has 0 heterocycles. The number of unbranched alkanes of at least 4 members (excludes halogenated alkanes) is 15. The van der Waals surface area contributed by atoms with Crippen molar-refractivity contribution in [2.75, 3.05) is 18.8 Å². The Hall–Kier alpha value is -0.0500. The molecule has 0 saturated heterocycles. The van der Waals surface area contributed by atoms with E-state index in [9.17, 15) is 0 Å². The monoisotopic (exact) mass is 508 g/mol. The van der Waals surface area contributed by atoms with Gasteiger partial charge in [-0.3, -0.25) is 0 Å². The van der Waals surface area contributed by atoms with Gasteiger partial charge in [0, 0.05) is 5.25 Å². The number of hydrogen-bond donors (Lipinski definition) is 0. The first-order valence-corrected chi connectivity index (χ1v) is 17.4. The third kappa shape index (κ3) is 25.4. The van der Waals surface area contributed by atoms with Gasteiger partial charge in [-0.15, -0.1) is 0 Å². The van der Waals surface area contributed by atoms with Crippen LogP contribution in [0.2, 0.25) is 0 Å². The van der Waals surface area contributed by atoms with E-state index in [4.69, 9.17) is 0 Å². The molecule has 0 aromatic rings. The van der Waals surface area contributed by atoms with Crippen molar-refractivity contribution in [3.63, 3.8) is 0 Å². The number of thioether (sulfide) groups is 1. The molecular formula is C32H64N2S. The van der Waals surface area contributed by atoms with Crippen molar-refractivity contribution < 1.29 is 0 Å². The SMILES string of the molecule is CCCCCCCCCCCCCCC/N=N/CCCCCCSC1CCCCCCCCCC1. The van der Waals surface area contributed by atoms with Gasteiger partial charge in [0.2, 0.25) is 0 Å². The normalized spacial score (nSPS) is 16.6. The highest BCUT2D eigenvalue weighted by Gasteiger charge is 2.10. The summed E-state index contributed by atoms with van der Waals surface area (Å²) in [4.78, 5) is 0. The molecule has 1 aliphatic carbocycles. The van der Waals surface area contributed by atoms with Gasteiger partial charge in [0.25, 0.3) is 0 Å². The predicted molar refractivity (Wildman–Crippen MR) is 161 cm³/mol. The van der Waals surface area contributed by atoms with Crippen LogP contribution in [0.1, 0.15) is 180 Å². The van der Waals surface area contributed by atoms with E-state index in [0.29, 0.717) is 0 Å². The summed E-state index contributed by atoms with van der Waals surface area (Å²) in [6, 6.07) is 0. The number of hydrogen-bond acceptors (Lipinski definition) is 3. The third-order valence-electron chi connectivity index (χ3n) is 7.77. The Bertz CT molecular complexity index is 414. The maximum atomic E-state index is 4.42. The summed E-state index contributed by atoms with van der Waals surface area (Å²) in [5, 5.41) is 9.78. The van der Waals surface area contributed by atoms with Gasteiger partial charge in [0.1, 0.15) is 0 Å². The Morgan fingerprint density at radius 2 is 0.829 bits per heavy atom. The molecule has 3 heteroatoms. The van der Waals surface area contributed by atoms with Crippen LogP contribution >= 0.6 is 11.8 Å². The first-order valence-electron chi connectivity index (χ1n) is 16.4. The molecule has 2 nitrogen and oxygen atoms in total. The van der Waals surface area contributed by atoms with Gasteiger partial charge in [-0.05, 0) is 37.9 Å². The fourth-order valence-corrected chi connectivity index (χ4v) is 6.72. The molecule has 0 radical (unpaired) electrons. The number of azo groups is 1. The van der Waals surface area contributed by atoms with Crippen molar-refractivity contribution in [1.82, 2.24) is 0 Å². The molecule has 208 valence electrons. The summed E-state index contributed by atoms with van der Waals surface area (Å²) in [5.41, 5.74) is 0. The molecular weight excluding hydrogens is 444 g/mol. The summed E-state index contributed by atoms with van der Waals surface area (Å²) in [6.07, 6.45) is 38.5. The second-order valence-electron chi connectivity index (χ2n) is 11.3. The summed E-state index contributed by atoms with van der Waals surface area (Å²) in [7, 11) is 0. The maximum Gasteiger partial charge on any atom is 0.0598 e. The average molecular weight is 509 g/mol. The van der Waals surface area contributed by atoms with E-state index in [2.05, 4.69) is 28.9 Å². The quantitative estimate of drug-likeness (QED) is 0.105. The molecule has 0 aromatic carbocycles. The largest absolute Gasteiger partial charge is 0.194 e. The van der Waals surface area contributed by atoms with Gasteiger partial charge < -0.3 is 0 Å². The molecule has 0 aliphatic heterocycles. The molecule has 1 saturated carbocycles. The van der Waals surface area contributed by atoms with Crippen LogP contribution in [0.15, 0.2) is 10.2 Å². The Labute approximate surface area is 226 Å². The lowest BCUT2D eigenvalue weighted by Crippen LogP contribution is -2.04. The van der Waals surface area contributed by atoms with E-state index in [1.54, 1.807) is 0 Å². The molecule has 1 aliphatic rings. The lowest BCUT2D eigenvalue weighted by Gasteiger charge is -2.16. The van der Waals surface area contributed by atoms with Crippen LogP contribution in [0.5, 0.6) is 0 Å². The highest BCUT2D eigenvalue weighted by Crippen LogP contribution is 2.26. The fraction of sp³-hybridized carbons (Fsp3) is 1.00. The van der Waals surface area contributed by atoms with E-state index in [0.717, 1.165) is 18.3 Å². The smallest absolute Gasteiger partial charge is 0.0598 e. The van der Waals surface area contributed by atoms with Crippen molar-refractivity contribution in [3.8, 4) is 0 Å². The predicted octanol–water partition coefficient (Wildman–Crippen LogP) is 12.1. The first-order chi connectivity index (χ1) is 17.4. The zero-order chi connectivity index (χ0) is 24.9. The Balaban J connectivity index is 1.78. The van der Waals surface area contributed by atoms with Crippen LogP contribution in [0.3, 0.4) is 0 Å². The Kier molecular flexibility index (Phi) is 26.9. The molecule has 0 N–H and O–H groups in total. The standard InChI is InChI=1S/C32H64N2S/c1-2-3-4-5-6-7-8-9-10-13-16-19-24-29-33-34-30-25-20-21-26-31-35-32-27-22-17-14-11-12-15-18-23-28-32/h32H,2-31H2,1H3/b34-33+. The molecule has 0 bridgehead atoms. The van der Waals surface area contributed by atoms with E-state index in [1.165, 1.54) is 179 Å². The van der Waals surface area contributed by atoms with Gasteiger partial charge in [-0.1, -0.05) is 148 Å². The van der Waals surface area contributed by atoms with E-state index >= 15 is 0 Å². The van der Waals surface area contributed by atoms with Crippen molar-refractivity contribution in [2.45, 2.75) is 186 Å². The van der Waals surface area contributed by atoms with Gasteiger partial charge in [-0.25, -0.2) is 0 Å². The Morgan fingerprint density at radius 1 is 0.457 bits per heavy atom. The molecule has 1 fully saturated rings. The summed E-state index contributed by atoms with van der Waals surface area (Å²) >= 11 is 2.29. The van der Waals surface area contributed by atoms with E-state index in [-0.39, 0.29) is 0 Å². The molecule has 1 rings (SSSR count). The van der Waals surface area contributed by atoms with Crippen molar-refractivity contribution in [1.29, 1.82) is 0 Å². The molecule has 0 aromatic heterocycles. The van der Waals surface area contributed by atoms with Crippen LogP contribution < -0.4 is 0 Å². The minimum absolute atomic E-state index is 0.951. The van der Waals surface area contributed by atoms with Gasteiger partial charge >= 0.3 is 0 Å². The van der Waals surface area contributed by atoms with E-state index < -0.39 is 0 Å². The van der Waals surface area contributed by atoms with Gasteiger partial charge in [0.15, 0.2) is 0 Å². The summed E-state index contributed by atoms with van der Waals surface area (Å²) in [6.45, 7) is 4.20. The van der Waals surface area contributed by atoms with Crippen LogP contribution in [-0.4, -0.2) is 24.1 Å². The van der Waals surface area contributed by atoms with Crippen molar-refractivity contribution >= 4 is 11.8 Å². The highest BCUT2D eigenvalue weighted by atomic mass is 32.2. The molecule has 0 unspecified atom stereocenters. The molecule has 0 spiro atoms. The average Bonchev–Trinajstić information content (AvgIpc) is 2.93. The fourth-order valence-electron chi connectivity index (χ4n) is 5.35. The first kappa shape index (κ1) is 33.0. The van der Waals surface area contributed by atoms with Crippen LogP contribution in [0.25, 0.3) is 0 Å². The minimum atomic E-state index is 0.951. The minimum Gasteiger partial charge on any atom is -0.194 e. The van der Waals surface area contributed by atoms with Crippen LogP contribution in [-0.2, 0) is 0 Å². The third-order valence-corrected chi connectivity index (χ3v) is 9.24. The van der Waals surface area contributed by atoms with Crippen LogP contribution in [0.4, 0.5) is 0 Å². The topological polar surface area (TPSA) is 24.7 Å². The van der Waals surface area contributed by atoms with E-state index in [1.807, 2.05) is 0 Å². The number of nitrogens with zero attached hydrogens (tertiary/aromatic N) is 2. The zero-order valence-corrected chi connectivity index (χ0v) is 24.9. The summed E-state index contributed by atoms with van der Waals surface area (Å²) < 4.78 is 0. The van der Waals surface area contributed by atoms with Crippen molar-refractivity contribution in [2.24, 2.45) is 10.2 Å². The summed E-state index contributed by atoms with van der Waals surface area (Å²) in [5.74, 6) is 1.38. The Morgan fingerprint density at radius 3 is 1.29 bits per heavy atom. The zero-order valence-electron chi connectivity index (χ0n) is 24.1. The molecule has 35 heavy (non-hydrogen) atoms. The second kappa shape index (κ2) is 28.5. The van der Waals surface area contributed by atoms with Gasteiger partial charge in [0.05, 0.1) is 13.1 Å². The van der Waals surface area contributed by atoms with Gasteiger partial charge in [-0.2, -0.15) is 22.0 Å².